The lowest BCUT2D eigenvalue weighted by atomic mass is 9.90. The zero-order valence-corrected chi connectivity index (χ0v) is 23.0. The molecule has 1 aliphatic rings. The molecule has 1 amide bonds. The molecule has 1 saturated carbocycles. The van der Waals surface area contributed by atoms with Gasteiger partial charge in [-0.1, -0.05) is 37.3 Å². The number of aromatic nitrogens is 4. The lowest BCUT2D eigenvalue weighted by Gasteiger charge is -2.24. The van der Waals surface area contributed by atoms with Crippen molar-refractivity contribution in [3.8, 4) is 16.9 Å². The molecule has 1 fully saturated rings. The molecule has 0 atom stereocenters. The number of amides is 1. The summed E-state index contributed by atoms with van der Waals surface area (Å²) in [5.74, 6) is -1.23. The fourth-order valence-corrected chi connectivity index (χ4v) is 5.06. The average molecular weight is 550 g/mol. The van der Waals surface area contributed by atoms with Crippen molar-refractivity contribution in [2.24, 2.45) is 0 Å². The third-order valence-corrected chi connectivity index (χ3v) is 6.81. The lowest BCUT2D eigenvalue weighted by molar-refractivity contribution is 0.0292. The van der Waals surface area contributed by atoms with Crippen molar-refractivity contribution in [2.75, 3.05) is 20.2 Å². The van der Waals surface area contributed by atoms with Crippen LogP contribution in [-0.4, -0.2) is 56.4 Å². The molecule has 38 heavy (non-hydrogen) atoms. The first-order chi connectivity index (χ1) is 18.0. The van der Waals surface area contributed by atoms with Crippen molar-refractivity contribution in [2.45, 2.75) is 77.2 Å². The molecular weight excluding hydrogens is 516 g/mol. The Hall–Kier alpha value is -3.01. The number of benzene rings is 1. The maximum Gasteiger partial charge on any atom is 0.410 e. The van der Waals surface area contributed by atoms with Crippen LogP contribution in [0.4, 0.5) is 13.6 Å². The van der Waals surface area contributed by atoms with Gasteiger partial charge in [0.05, 0.1) is 17.9 Å². The van der Waals surface area contributed by atoms with Gasteiger partial charge < -0.3 is 14.4 Å². The lowest BCUT2D eigenvalue weighted by Crippen LogP contribution is -2.35. The van der Waals surface area contributed by atoms with Crippen LogP contribution in [0.1, 0.15) is 77.3 Å². The van der Waals surface area contributed by atoms with Crippen molar-refractivity contribution in [1.29, 1.82) is 0 Å². The number of carbonyl (C=O) groups is 1. The van der Waals surface area contributed by atoms with Crippen LogP contribution in [0.5, 0.6) is 5.75 Å². The Morgan fingerprint density at radius 2 is 1.79 bits per heavy atom. The summed E-state index contributed by atoms with van der Waals surface area (Å²) < 4.78 is 43.5. The Kier molecular flexibility index (Phi) is 8.70. The van der Waals surface area contributed by atoms with Gasteiger partial charge in [0.1, 0.15) is 34.5 Å². The van der Waals surface area contributed by atoms with Gasteiger partial charge in [-0.25, -0.2) is 18.1 Å². The van der Waals surface area contributed by atoms with E-state index in [0.29, 0.717) is 24.4 Å². The molecular formula is C27H34ClF2N5O3. The highest BCUT2D eigenvalue weighted by Crippen LogP contribution is 2.42. The smallest absolute Gasteiger partial charge is 0.410 e. The highest BCUT2D eigenvalue weighted by atomic mass is 35.5. The van der Waals surface area contributed by atoms with Gasteiger partial charge in [0.25, 0.3) is 5.78 Å². The van der Waals surface area contributed by atoms with Gasteiger partial charge in [0, 0.05) is 37.2 Å². The minimum Gasteiger partial charge on any atom is -0.493 e. The fraction of sp³-hybridized carbons (Fsp3) is 0.556. The van der Waals surface area contributed by atoms with Crippen LogP contribution in [0.15, 0.2) is 18.5 Å². The number of hydrogen-bond acceptors (Lipinski definition) is 6. The molecule has 206 valence electrons. The van der Waals surface area contributed by atoms with Gasteiger partial charge >= 0.3 is 6.09 Å². The molecule has 0 aliphatic heterocycles. The number of rotatable bonds is 7. The van der Waals surface area contributed by atoms with E-state index < -0.39 is 23.3 Å². The molecule has 0 N–H and O–H groups in total. The van der Waals surface area contributed by atoms with E-state index >= 15 is 8.78 Å². The third-order valence-electron chi connectivity index (χ3n) is 6.54. The standard InChI is InChI=1S/C27H34ClF2N5O3/c1-27(2,3)38-26(36)34(4)12-9-13-37-18-14-19(29)21(20(30)15-18)22-23(17-10-7-5-6-8-11-17)35-25(31-16-32-35)33-24(22)28/h14-17H,5-13H2,1-4H3. The third kappa shape index (κ3) is 6.51. The predicted molar refractivity (Wildman–Crippen MR) is 141 cm³/mol. The molecule has 8 nitrogen and oxygen atoms in total. The number of halogens is 3. The Morgan fingerprint density at radius 3 is 2.42 bits per heavy atom. The van der Waals surface area contributed by atoms with E-state index in [1.165, 1.54) is 11.2 Å². The quantitative estimate of drug-likeness (QED) is 0.183. The van der Waals surface area contributed by atoms with E-state index in [9.17, 15) is 4.79 Å². The van der Waals surface area contributed by atoms with Gasteiger partial charge in [-0.05, 0) is 40.0 Å². The minimum absolute atomic E-state index is 0.0126. The first-order valence-electron chi connectivity index (χ1n) is 13.0. The van der Waals surface area contributed by atoms with Crippen molar-refractivity contribution >= 4 is 23.5 Å². The molecule has 1 aromatic carbocycles. The molecule has 4 rings (SSSR count). The van der Waals surface area contributed by atoms with Crippen LogP contribution in [0, 0.1) is 11.6 Å². The summed E-state index contributed by atoms with van der Waals surface area (Å²) in [4.78, 5) is 21.9. The molecule has 0 unspecified atom stereocenters. The Bertz CT molecular complexity index is 1260. The predicted octanol–water partition coefficient (Wildman–Crippen LogP) is 6.80. The van der Waals surface area contributed by atoms with Gasteiger partial charge in [0.2, 0.25) is 0 Å². The number of fused-ring (bicyclic) bond motifs is 1. The van der Waals surface area contributed by atoms with Crippen molar-refractivity contribution in [1.82, 2.24) is 24.5 Å². The minimum atomic E-state index is -0.802. The van der Waals surface area contributed by atoms with Crippen LogP contribution in [0.2, 0.25) is 5.15 Å². The van der Waals surface area contributed by atoms with E-state index in [-0.39, 0.29) is 34.6 Å². The molecule has 2 aromatic heterocycles. The summed E-state index contributed by atoms with van der Waals surface area (Å²) in [5, 5.41) is 4.29. The van der Waals surface area contributed by atoms with Crippen LogP contribution in [0.3, 0.4) is 0 Å². The van der Waals surface area contributed by atoms with Crippen molar-refractivity contribution < 1.29 is 23.0 Å². The number of ether oxygens (including phenoxy) is 2. The summed E-state index contributed by atoms with van der Waals surface area (Å²) in [6, 6.07) is 2.30. The highest BCUT2D eigenvalue weighted by molar-refractivity contribution is 6.32. The van der Waals surface area contributed by atoms with Crippen molar-refractivity contribution in [3.63, 3.8) is 0 Å². The van der Waals surface area contributed by atoms with Gasteiger partial charge in [-0.2, -0.15) is 15.1 Å². The van der Waals surface area contributed by atoms with E-state index in [1.807, 2.05) is 0 Å². The highest BCUT2D eigenvalue weighted by Gasteiger charge is 2.29. The molecule has 3 aromatic rings. The van der Waals surface area contributed by atoms with E-state index in [4.69, 9.17) is 21.1 Å². The molecule has 0 radical (unpaired) electrons. The molecule has 2 heterocycles. The second-order valence-electron chi connectivity index (χ2n) is 10.7. The molecule has 11 heteroatoms. The van der Waals surface area contributed by atoms with Crippen LogP contribution < -0.4 is 4.74 Å². The molecule has 0 bridgehead atoms. The zero-order chi connectivity index (χ0) is 27.4. The summed E-state index contributed by atoms with van der Waals surface area (Å²) in [6.45, 7) is 5.90. The van der Waals surface area contributed by atoms with Gasteiger partial charge in [-0.15, -0.1) is 0 Å². The summed E-state index contributed by atoms with van der Waals surface area (Å²) in [6.07, 6.45) is 7.37. The largest absolute Gasteiger partial charge is 0.493 e. The summed E-state index contributed by atoms with van der Waals surface area (Å²) in [5.41, 5.74) is -0.00436. The second kappa shape index (κ2) is 11.8. The fourth-order valence-electron chi connectivity index (χ4n) is 4.79. The zero-order valence-electron chi connectivity index (χ0n) is 22.3. The summed E-state index contributed by atoms with van der Waals surface area (Å²) >= 11 is 6.54. The topological polar surface area (TPSA) is 81.9 Å². The molecule has 0 saturated heterocycles. The Morgan fingerprint density at radius 1 is 1.13 bits per heavy atom. The SMILES string of the molecule is CN(CCCOc1cc(F)c(-c2c(Cl)nc3ncnn3c2C2CCCCCC2)c(F)c1)C(=O)OC(C)(C)C. The van der Waals surface area contributed by atoms with E-state index in [2.05, 4.69) is 15.1 Å². The van der Waals surface area contributed by atoms with Crippen LogP contribution >= 0.6 is 11.6 Å². The maximum atomic E-state index is 15.5. The second-order valence-corrected chi connectivity index (χ2v) is 11.0. The number of carbonyl (C=O) groups excluding carboxylic acids is 1. The van der Waals surface area contributed by atoms with Gasteiger partial charge in [-0.3, -0.25) is 0 Å². The van der Waals surface area contributed by atoms with Crippen LogP contribution in [-0.2, 0) is 4.74 Å². The molecule has 1 aliphatic carbocycles. The molecule has 0 spiro atoms. The van der Waals surface area contributed by atoms with Crippen LogP contribution in [0.25, 0.3) is 16.9 Å². The van der Waals surface area contributed by atoms with E-state index in [0.717, 1.165) is 50.7 Å². The first-order valence-corrected chi connectivity index (χ1v) is 13.4. The number of hydrogen-bond donors (Lipinski definition) is 0. The number of nitrogens with zero attached hydrogens (tertiary/aromatic N) is 5. The monoisotopic (exact) mass is 549 g/mol. The first kappa shape index (κ1) is 28.0. The van der Waals surface area contributed by atoms with Crippen molar-refractivity contribution in [3.05, 3.63) is 40.9 Å². The van der Waals surface area contributed by atoms with E-state index in [1.54, 1.807) is 32.3 Å². The Balaban J connectivity index is 1.55. The summed E-state index contributed by atoms with van der Waals surface area (Å²) in [7, 11) is 1.62. The average Bonchev–Trinajstić information content (AvgIpc) is 3.12. The normalized spacial score (nSPS) is 14.9. The Labute approximate surface area is 226 Å². The van der Waals surface area contributed by atoms with Gasteiger partial charge in [0.15, 0.2) is 0 Å². The maximum absolute atomic E-state index is 15.5.